The van der Waals surface area contributed by atoms with E-state index in [0.29, 0.717) is 21.4 Å². The number of carbonyl (C=O) groups excluding carboxylic acids is 1. The molecule has 0 unspecified atom stereocenters. The topological polar surface area (TPSA) is 66.9 Å². The summed E-state index contributed by atoms with van der Waals surface area (Å²) in [6.07, 6.45) is 0. The Morgan fingerprint density at radius 2 is 1.83 bits per heavy atom. The monoisotopic (exact) mass is 352 g/mol. The van der Waals surface area contributed by atoms with Gasteiger partial charge in [0.25, 0.3) is 5.91 Å². The van der Waals surface area contributed by atoms with E-state index in [-0.39, 0.29) is 23.1 Å². The van der Waals surface area contributed by atoms with Crippen molar-refractivity contribution in [3.8, 4) is 0 Å². The van der Waals surface area contributed by atoms with Crippen LogP contribution >= 0.6 is 23.2 Å². The van der Waals surface area contributed by atoms with Crippen LogP contribution in [0.5, 0.6) is 0 Å². The minimum absolute atomic E-state index is 0.261. The standard InChI is InChI=1S/C16H18Cl2N4O/c1-9-7-13(14(23)22-16(2,3)4)21-15(19-9)20-12-8-10(17)5-6-11(12)18/h5-8H,1-4H3,(H,22,23)(H,19,20,21). The Bertz CT molecular complexity index is 741. The van der Waals surface area contributed by atoms with Crippen LogP contribution in [0.15, 0.2) is 24.3 Å². The number of aryl methyl sites for hydroxylation is 1. The molecule has 0 radical (unpaired) electrons. The van der Waals surface area contributed by atoms with E-state index in [1.165, 1.54) is 0 Å². The van der Waals surface area contributed by atoms with Crippen LogP contribution < -0.4 is 10.6 Å². The predicted molar refractivity (Wildman–Crippen MR) is 93.7 cm³/mol. The van der Waals surface area contributed by atoms with Crippen LogP contribution in [0.1, 0.15) is 37.0 Å². The van der Waals surface area contributed by atoms with Gasteiger partial charge in [-0.3, -0.25) is 4.79 Å². The summed E-state index contributed by atoms with van der Waals surface area (Å²) in [6.45, 7) is 7.51. The summed E-state index contributed by atoms with van der Waals surface area (Å²) < 4.78 is 0. The fourth-order valence-electron chi connectivity index (χ4n) is 1.86. The maximum absolute atomic E-state index is 12.3. The van der Waals surface area contributed by atoms with E-state index in [4.69, 9.17) is 23.2 Å². The van der Waals surface area contributed by atoms with Crippen molar-refractivity contribution in [3.05, 3.63) is 45.7 Å². The Kier molecular flexibility index (Phi) is 5.12. The molecule has 23 heavy (non-hydrogen) atoms. The van der Waals surface area contributed by atoms with Crippen molar-refractivity contribution in [3.63, 3.8) is 0 Å². The van der Waals surface area contributed by atoms with Gasteiger partial charge in [-0.15, -0.1) is 0 Å². The number of amides is 1. The predicted octanol–water partition coefficient (Wildman–Crippen LogP) is 4.36. The molecule has 5 nitrogen and oxygen atoms in total. The Morgan fingerprint density at radius 3 is 2.48 bits per heavy atom. The first kappa shape index (κ1) is 17.5. The number of carbonyl (C=O) groups is 1. The van der Waals surface area contributed by atoms with Crippen molar-refractivity contribution < 1.29 is 4.79 Å². The molecule has 1 heterocycles. The van der Waals surface area contributed by atoms with Crippen LogP contribution in [-0.4, -0.2) is 21.4 Å². The molecule has 0 saturated heterocycles. The van der Waals surface area contributed by atoms with Crippen LogP contribution in [0.2, 0.25) is 10.0 Å². The van der Waals surface area contributed by atoms with Crippen LogP contribution in [0, 0.1) is 6.92 Å². The van der Waals surface area contributed by atoms with E-state index in [2.05, 4.69) is 20.6 Å². The van der Waals surface area contributed by atoms with Gasteiger partial charge in [0.15, 0.2) is 0 Å². The highest BCUT2D eigenvalue weighted by atomic mass is 35.5. The summed E-state index contributed by atoms with van der Waals surface area (Å²) in [6, 6.07) is 6.67. The molecular formula is C16H18Cl2N4O. The van der Waals surface area contributed by atoms with Gasteiger partial charge in [-0.25, -0.2) is 9.97 Å². The summed E-state index contributed by atoms with van der Waals surface area (Å²) in [4.78, 5) is 20.8. The molecule has 2 N–H and O–H groups in total. The lowest BCUT2D eigenvalue weighted by Gasteiger charge is -2.20. The number of anilines is 2. The van der Waals surface area contributed by atoms with Gasteiger partial charge < -0.3 is 10.6 Å². The van der Waals surface area contributed by atoms with E-state index >= 15 is 0 Å². The first-order valence-electron chi connectivity index (χ1n) is 7.04. The molecule has 1 aromatic heterocycles. The lowest BCUT2D eigenvalue weighted by Crippen LogP contribution is -2.41. The third kappa shape index (κ3) is 5.08. The number of benzene rings is 1. The SMILES string of the molecule is Cc1cc(C(=O)NC(C)(C)C)nc(Nc2cc(Cl)ccc2Cl)n1. The van der Waals surface area contributed by atoms with E-state index in [1.54, 1.807) is 31.2 Å². The molecule has 0 aliphatic rings. The van der Waals surface area contributed by atoms with Gasteiger partial charge in [-0.05, 0) is 52.0 Å². The molecule has 0 aliphatic heterocycles. The fraction of sp³-hybridized carbons (Fsp3) is 0.312. The van der Waals surface area contributed by atoms with Gasteiger partial charge in [0.05, 0.1) is 10.7 Å². The largest absolute Gasteiger partial charge is 0.346 e. The molecule has 0 bridgehead atoms. The maximum Gasteiger partial charge on any atom is 0.270 e. The first-order chi connectivity index (χ1) is 10.6. The average molecular weight is 353 g/mol. The Labute approximate surface area is 145 Å². The average Bonchev–Trinajstić information content (AvgIpc) is 2.40. The Hall–Kier alpha value is -1.85. The van der Waals surface area contributed by atoms with Crippen molar-refractivity contribution in [2.45, 2.75) is 33.2 Å². The second-order valence-electron chi connectivity index (χ2n) is 6.17. The molecule has 2 aromatic rings. The fourth-order valence-corrected chi connectivity index (χ4v) is 2.20. The minimum atomic E-state index is -0.347. The molecule has 0 saturated carbocycles. The maximum atomic E-state index is 12.3. The summed E-state index contributed by atoms with van der Waals surface area (Å²) in [5.74, 6) is 0.0245. The molecule has 1 aromatic carbocycles. The smallest absolute Gasteiger partial charge is 0.270 e. The Balaban J connectivity index is 2.30. The van der Waals surface area contributed by atoms with E-state index in [0.717, 1.165) is 0 Å². The molecule has 0 fully saturated rings. The number of rotatable bonds is 3. The second-order valence-corrected chi connectivity index (χ2v) is 7.02. The summed E-state index contributed by atoms with van der Waals surface area (Å²) in [5, 5.41) is 6.89. The lowest BCUT2D eigenvalue weighted by molar-refractivity contribution is 0.0914. The van der Waals surface area contributed by atoms with Gasteiger partial charge in [0, 0.05) is 16.3 Å². The molecule has 7 heteroatoms. The summed E-state index contributed by atoms with van der Waals surface area (Å²) in [7, 11) is 0. The van der Waals surface area contributed by atoms with Crippen molar-refractivity contribution >= 4 is 40.7 Å². The third-order valence-electron chi connectivity index (χ3n) is 2.75. The molecule has 0 aliphatic carbocycles. The molecular weight excluding hydrogens is 335 g/mol. The number of hydrogen-bond acceptors (Lipinski definition) is 4. The summed E-state index contributed by atoms with van der Waals surface area (Å²) in [5.41, 5.74) is 1.18. The van der Waals surface area contributed by atoms with Crippen molar-refractivity contribution in [1.29, 1.82) is 0 Å². The lowest BCUT2D eigenvalue weighted by atomic mass is 10.1. The number of aromatic nitrogens is 2. The van der Waals surface area contributed by atoms with Gasteiger partial charge in [0.2, 0.25) is 5.95 Å². The van der Waals surface area contributed by atoms with Gasteiger partial charge in [0.1, 0.15) is 5.69 Å². The van der Waals surface area contributed by atoms with Crippen LogP contribution in [0.4, 0.5) is 11.6 Å². The van der Waals surface area contributed by atoms with Crippen LogP contribution in [-0.2, 0) is 0 Å². The zero-order chi connectivity index (χ0) is 17.2. The van der Waals surface area contributed by atoms with E-state index in [1.807, 2.05) is 20.8 Å². The van der Waals surface area contributed by atoms with Crippen molar-refractivity contribution in [2.75, 3.05) is 5.32 Å². The normalized spacial score (nSPS) is 11.2. The van der Waals surface area contributed by atoms with E-state index in [9.17, 15) is 4.79 Å². The van der Waals surface area contributed by atoms with Gasteiger partial charge in [-0.1, -0.05) is 23.2 Å². The number of halogens is 2. The Morgan fingerprint density at radius 1 is 1.13 bits per heavy atom. The highest BCUT2D eigenvalue weighted by molar-refractivity contribution is 6.35. The molecule has 0 spiro atoms. The quantitative estimate of drug-likeness (QED) is 0.860. The third-order valence-corrected chi connectivity index (χ3v) is 3.31. The minimum Gasteiger partial charge on any atom is -0.346 e. The number of hydrogen-bond donors (Lipinski definition) is 2. The molecule has 2 rings (SSSR count). The molecule has 0 atom stereocenters. The van der Waals surface area contributed by atoms with Gasteiger partial charge >= 0.3 is 0 Å². The van der Waals surface area contributed by atoms with Crippen molar-refractivity contribution in [1.82, 2.24) is 15.3 Å². The number of nitrogens with zero attached hydrogens (tertiary/aromatic N) is 2. The molecule has 1 amide bonds. The van der Waals surface area contributed by atoms with E-state index < -0.39 is 0 Å². The summed E-state index contributed by atoms with van der Waals surface area (Å²) >= 11 is 12.1. The zero-order valence-electron chi connectivity index (χ0n) is 13.4. The zero-order valence-corrected chi connectivity index (χ0v) is 14.9. The second kappa shape index (κ2) is 6.72. The van der Waals surface area contributed by atoms with Crippen LogP contribution in [0.3, 0.4) is 0 Å². The van der Waals surface area contributed by atoms with Gasteiger partial charge in [-0.2, -0.15) is 0 Å². The first-order valence-corrected chi connectivity index (χ1v) is 7.80. The highest BCUT2D eigenvalue weighted by Gasteiger charge is 2.17. The highest BCUT2D eigenvalue weighted by Crippen LogP contribution is 2.27. The molecule has 122 valence electrons. The number of nitrogens with one attached hydrogen (secondary N) is 2. The van der Waals surface area contributed by atoms with Crippen LogP contribution in [0.25, 0.3) is 0 Å². The van der Waals surface area contributed by atoms with Crippen molar-refractivity contribution in [2.24, 2.45) is 0 Å².